The van der Waals surface area contributed by atoms with Crippen molar-refractivity contribution in [2.24, 2.45) is 0 Å². The normalized spacial score (nSPS) is 20.7. The van der Waals surface area contributed by atoms with E-state index in [-0.39, 0.29) is 13.0 Å². The third-order valence-electron chi connectivity index (χ3n) is 3.98. The standard InChI is InChI=1S/C14H21F3N4O/c1-9-13(10(2)20-19-9)18-12(22)8-21-7-5-3-4-6-11(21)14(15,16)17/h11H,3-8H2,1-2H3,(H,18,22)(H,19,20). The molecule has 1 aliphatic rings. The lowest BCUT2D eigenvalue weighted by Crippen LogP contribution is -2.48. The SMILES string of the molecule is Cc1n[nH]c(C)c1NC(=O)CN1CCCCCC1C(F)(F)F. The highest BCUT2D eigenvalue weighted by atomic mass is 19.4. The maximum absolute atomic E-state index is 13.1. The Morgan fingerprint density at radius 1 is 1.36 bits per heavy atom. The number of aryl methyl sites for hydroxylation is 2. The molecular formula is C14H21F3N4O. The molecule has 1 atom stereocenters. The molecule has 1 amide bonds. The van der Waals surface area contributed by atoms with Crippen LogP contribution in [0.5, 0.6) is 0 Å². The van der Waals surface area contributed by atoms with E-state index in [0.29, 0.717) is 36.5 Å². The van der Waals surface area contributed by atoms with Gasteiger partial charge < -0.3 is 5.32 Å². The van der Waals surface area contributed by atoms with E-state index in [1.54, 1.807) is 13.8 Å². The van der Waals surface area contributed by atoms with Crippen molar-refractivity contribution in [3.8, 4) is 0 Å². The molecule has 5 nitrogen and oxygen atoms in total. The van der Waals surface area contributed by atoms with Gasteiger partial charge in [0, 0.05) is 0 Å². The number of amides is 1. The first-order valence-electron chi connectivity index (χ1n) is 7.41. The van der Waals surface area contributed by atoms with E-state index in [4.69, 9.17) is 0 Å². The van der Waals surface area contributed by atoms with Gasteiger partial charge in [-0.1, -0.05) is 12.8 Å². The highest BCUT2D eigenvalue weighted by Gasteiger charge is 2.44. The lowest BCUT2D eigenvalue weighted by molar-refractivity contribution is -0.184. The average Bonchev–Trinajstić information content (AvgIpc) is 2.65. The Morgan fingerprint density at radius 2 is 2.09 bits per heavy atom. The summed E-state index contributed by atoms with van der Waals surface area (Å²) in [6, 6.07) is -1.53. The van der Waals surface area contributed by atoms with Gasteiger partial charge in [-0.2, -0.15) is 18.3 Å². The molecule has 1 aliphatic heterocycles. The number of nitrogens with zero attached hydrogens (tertiary/aromatic N) is 2. The minimum absolute atomic E-state index is 0.0561. The van der Waals surface area contributed by atoms with Crippen molar-refractivity contribution in [2.45, 2.75) is 51.7 Å². The van der Waals surface area contributed by atoms with Gasteiger partial charge in [0.25, 0.3) is 0 Å². The third kappa shape index (κ3) is 4.00. The number of aromatic amines is 1. The van der Waals surface area contributed by atoms with Crippen LogP contribution < -0.4 is 5.32 Å². The average molecular weight is 318 g/mol. The van der Waals surface area contributed by atoms with Gasteiger partial charge in [0.05, 0.1) is 23.6 Å². The Labute approximate surface area is 127 Å². The Kier molecular flexibility index (Phi) is 5.10. The Balaban J connectivity index is 2.04. The van der Waals surface area contributed by atoms with E-state index in [2.05, 4.69) is 15.5 Å². The van der Waals surface area contributed by atoms with E-state index in [9.17, 15) is 18.0 Å². The number of nitrogens with one attached hydrogen (secondary N) is 2. The van der Waals surface area contributed by atoms with Crippen molar-refractivity contribution in [1.29, 1.82) is 0 Å². The van der Waals surface area contributed by atoms with Crippen LogP contribution in [0.2, 0.25) is 0 Å². The molecule has 22 heavy (non-hydrogen) atoms. The molecule has 0 aliphatic carbocycles. The number of carbonyl (C=O) groups is 1. The molecule has 1 fully saturated rings. The van der Waals surface area contributed by atoms with Crippen molar-refractivity contribution in [1.82, 2.24) is 15.1 Å². The lowest BCUT2D eigenvalue weighted by Gasteiger charge is -2.30. The summed E-state index contributed by atoms with van der Waals surface area (Å²) in [5.74, 6) is -0.441. The minimum Gasteiger partial charge on any atom is -0.322 e. The third-order valence-corrected chi connectivity index (χ3v) is 3.98. The van der Waals surface area contributed by atoms with Gasteiger partial charge in [-0.3, -0.25) is 14.8 Å². The van der Waals surface area contributed by atoms with E-state index >= 15 is 0 Å². The van der Waals surface area contributed by atoms with Crippen molar-refractivity contribution in [2.75, 3.05) is 18.4 Å². The molecule has 0 bridgehead atoms. The summed E-state index contributed by atoms with van der Waals surface area (Å²) >= 11 is 0. The molecule has 1 unspecified atom stereocenters. The number of alkyl halides is 3. The van der Waals surface area contributed by atoms with E-state index in [0.717, 1.165) is 6.42 Å². The summed E-state index contributed by atoms with van der Waals surface area (Å²) in [4.78, 5) is 13.3. The Bertz CT molecular complexity index is 507. The van der Waals surface area contributed by atoms with Gasteiger partial charge in [-0.25, -0.2) is 0 Å². The van der Waals surface area contributed by atoms with Gasteiger partial charge >= 0.3 is 6.18 Å². The number of hydrogen-bond donors (Lipinski definition) is 2. The predicted octanol–water partition coefficient (Wildman–Crippen LogP) is 2.77. The largest absolute Gasteiger partial charge is 0.404 e. The van der Waals surface area contributed by atoms with Crippen molar-refractivity contribution < 1.29 is 18.0 Å². The summed E-state index contributed by atoms with van der Waals surface area (Å²) in [5, 5.41) is 9.34. The second-order valence-electron chi connectivity index (χ2n) is 5.73. The number of hydrogen-bond acceptors (Lipinski definition) is 3. The first kappa shape index (κ1) is 16.8. The Morgan fingerprint density at radius 3 is 2.68 bits per heavy atom. The van der Waals surface area contributed by atoms with Crippen LogP contribution in [-0.4, -0.2) is 46.3 Å². The summed E-state index contributed by atoms with van der Waals surface area (Å²) in [6.45, 7) is 3.51. The first-order valence-corrected chi connectivity index (χ1v) is 7.41. The highest BCUT2D eigenvalue weighted by Crippen LogP contribution is 2.31. The fourth-order valence-electron chi connectivity index (χ4n) is 2.83. The zero-order chi connectivity index (χ0) is 16.3. The van der Waals surface area contributed by atoms with E-state index in [1.165, 1.54) is 4.90 Å². The number of rotatable bonds is 3. The van der Waals surface area contributed by atoms with Gasteiger partial charge in [-0.15, -0.1) is 0 Å². The van der Waals surface area contributed by atoms with Gasteiger partial charge in [0.1, 0.15) is 6.04 Å². The first-order chi connectivity index (χ1) is 10.3. The van der Waals surface area contributed by atoms with E-state index < -0.39 is 18.1 Å². The van der Waals surface area contributed by atoms with Crippen LogP contribution in [0.3, 0.4) is 0 Å². The molecule has 1 aromatic rings. The van der Waals surface area contributed by atoms with Crippen LogP contribution in [0.1, 0.15) is 37.1 Å². The number of likely N-dealkylation sites (tertiary alicyclic amines) is 1. The molecular weight excluding hydrogens is 297 g/mol. The molecule has 2 N–H and O–H groups in total. The Hall–Kier alpha value is -1.57. The molecule has 0 radical (unpaired) electrons. The van der Waals surface area contributed by atoms with Crippen LogP contribution in [0.15, 0.2) is 0 Å². The van der Waals surface area contributed by atoms with Gasteiger partial charge in [-0.05, 0) is 33.2 Å². The van der Waals surface area contributed by atoms with Gasteiger partial charge in [0.15, 0.2) is 0 Å². The summed E-state index contributed by atoms with van der Waals surface area (Å²) in [7, 11) is 0. The predicted molar refractivity (Wildman–Crippen MR) is 76.6 cm³/mol. The maximum Gasteiger partial charge on any atom is 0.404 e. The van der Waals surface area contributed by atoms with Crippen LogP contribution in [0, 0.1) is 13.8 Å². The second kappa shape index (κ2) is 6.68. The van der Waals surface area contributed by atoms with Crippen LogP contribution >= 0.6 is 0 Å². The zero-order valence-electron chi connectivity index (χ0n) is 12.8. The van der Waals surface area contributed by atoms with E-state index in [1.807, 2.05) is 0 Å². The van der Waals surface area contributed by atoms with Crippen molar-refractivity contribution in [3.63, 3.8) is 0 Å². The van der Waals surface area contributed by atoms with Crippen LogP contribution in [-0.2, 0) is 4.79 Å². The molecule has 2 heterocycles. The monoisotopic (exact) mass is 318 g/mol. The molecule has 8 heteroatoms. The van der Waals surface area contributed by atoms with Crippen molar-refractivity contribution in [3.05, 3.63) is 11.4 Å². The molecule has 124 valence electrons. The van der Waals surface area contributed by atoms with Gasteiger partial charge in [0.2, 0.25) is 5.91 Å². The minimum atomic E-state index is -4.30. The quantitative estimate of drug-likeness (QED) is 0.901. The summed E-state index contributed by atoms with van der Waals surface area (Å²) < 4.78 is 39.4. The molecule has 0 saturated carbocycles. The highest BCUT2D eigenvalue weighted by molar-refractivity contribution is 5.93. The molecule has 0 aromatic carbocycles. The summed E-state index contributed by atoms with van der Waals surface area (Å²) in [6.07, 6.45) is -2.25. The fourth-order valence-corrected chi connectivity index (χ4v) is 2.83. The zero-order valence-corrected chi connectivity index (χ0v) is 12.8. The topological polar surface area (TPSA) is 61.0 Å². The summed E-state index contributed by atoms with van der Waals surface area (Å²) in [5.41, 5.74) is 1.85. The number of aromatic nitrogens is 2. The fraction of sp³-hybridized carbons (Fsp3) is 0.714. The van der Waals surface area contributed by atoms with Crippen molar-refractivity contribution >= 4 is 11.6 Å². The van der Waals surface area contributed by atoms with Crippen LogP contribution in [0.25, 0.3) is 0 Å². The number of halogens is 3. The maximum atomic E-state index is 13.1. The molecule has 1 saturated heterocycles. The molecule has 1 aromatic heterocycles. The molecule has 0 spiro atoms. The smallest absolute Gasteiger partial charge is 0.322 e. The molecule has 2 rings (SSSR count). The number of anilines is 1. The second-order valence-corrected chi connectivity index (χ2v) is 5.73. The number of carbonyl (C=O) groups excluding carboxylic acids is 1. The van der Waals surface area contributed by atoms with Crippen LogP contribution in [0.4, 0.5) is 18.9 Å². The lowest BCUT2D eigenvalue weighted by atomic mass is 10.1. The number of H-pyrrole nitrogens is 1.